The SMILES string of the molecule is CCNC1CCN(C(=O)COC)CC1C. The molecule has 4 heteroatoms. The number of nitrogens with one attached hydrogen (secondary N) is 1. The van der Waals surface area contributed by atoms with Crippen molar-refractivity contribution >= 4 is 5.91 Å². The molecule has 1 aliphatic rings. The number of nitrogens with zero attached hydrogens (tertiary/aromatic N) is 1. The summed E-state index contributed by atoms with van der Waals surface area (Å²) in [5.74, 6) is 0.638. The highest BCUT2D eigenvalue weighted by Crippen LogP contribution is 2.16. The Hall–Kier alpha value is -0.610. The maximum Gasteiger partial charge on any atom is 0.248 e. The predicted molar refractivity (Wildman–Crippen MR) is 59.7 cm³/mol. The first-order valence-corrected chi connectivity index (χ1v) is 5.69. The molecule has 0 aliphatic carbocycles. The van der Waals surface area contributed by atoms with Gasteiger partial charge in [0.05, 0.1) is 0 Å². The molecule has 1 aliphatic heterocycles. The summed E-state index contributed by atoms with van der Waals surface area (Å²) < 4.78 is 4.86. The summed E-state index contributed by atoms with van der Waals surface area (Å²) in [6.07, 6.45) is 1.05. The number of hydrogen-bond acceptors (Lipinski definition) is 3. The highest BCUT2D eigenvalue weighted by Gasteiger charge is 2.27. The van der Waals surface area contributed by atoms with E-state index in [4.69, 9.17) is 4.74 Å². The van der Waals surface area contributed by atoms with Gasteiger partial charge in [-0.3, -0.25) is 4.79 Å². The maximum absolute atomic E-state index is 11.6. The molecule has 0 aromatic heterocycles. The van der Waals surface area contributed by atoms with Crippen LogP contribution in [0.1, 0.15) is 20.3 Å². The molecule has 1 rings (SSSR count). The minimum absolute atomic E-state index is 0.110. The molecule has 15 heavy (non-hydrogen) atoms. The zero-order chi connectivity index (χ0) is 11.3. The Morgan fingerprint density at radius 3 is 2.87 bits per heavy atom. The number of carbonyl (C=O) groups is 1. The van der Waals surface area contributed by atoms with Crippen molar-refractivity contribution in [2.24, 2.45) is 5.92 Å². The number of rotatable bonds is 4. The second kappa shape index (κ2) is 6.08. The second-order valence-electron chi connectivity index (χ2n) is 4.20. The van der Waals surface area contributed by atoms with E-state index in [9.17, 15) is 4.79 Å². The molecule has 1 saturated heterocycles. The average molecular weight is 214 g/mol. The number of piperidine rings is 1. The first-order chi connectivity index (χ1) is 7.19. The van der Waals surface area contributed by atoms with E-state index in [1.54, 1.807) is 7.11 Å². The largest absolute Gasteiger partial charge is 0.375 e. The average Bonchev–Trinajstić information content (AvgIpc) is 2.21. The van der Waals surface area contributed by atoms with E-state index in [1.165, 1.54) is 0 Å². The van der Waals surface area contributed by atoms with Crippen molar-refractivity contribution in [3.05, 3.63) is 0 Å². The summed E-state index contributed by atoms with van der Waals surface area (Å²) >= 11 is 0. The van der Waals surface area contributed by atoms with Crippen molar-refractivity contribution in [2.75, 3.05) is 33.4 Å². The summed E-state index contributed by atoms with van der Waals surface area (Å²) in [4.78, 5) is 13.5. The third kappa shape index (κ3) is 3.47. The fourth-order valence-electron chi connectivity index (χ4n) is 2.15. The van der Waals surface area contributed by atoms with Gasteiger partial charge in [-0.15, -0.1) is 0 Å². The van der Waals surface area contributed by atoms with Crippen LogP contribution in [-0.4, -0.2) is 50.2 Å². The molecular formula is C11H22N2O2. The first kappa shape index (κ1) is 12.5. The van der Waals surface area contributed by atoms with Crippen LogP contribution in [0.25, 0.3) is 0 Å². The van der Waals surface area contributed by atoms with Gasteiger partial charge in [-0.2, -0.15) is 0 Å². The minimum Gasteiger partial charge on any atom is -0.375 e. The molecule has 0 radical (unpaired) electrons. The summed E-state index contributed by atoms with van der Waals surface area (Å²) in [6, 6.07) is 0.557. The van der Waals surface area contributed by atoms with Crippen LogP contribution in [-0.2, 0) is 9.53 Å². The lowest BCUT2D eigenvalue weighted by molar-refractivity contribution is -0.137. The normalized spacial score (nSPS) is 26.7. The quantitative estimate of drug-likeness (QED) is 0.740. The number of ether oxygens (including phenoxy) is 1. The van der Waals surface area contributed by atoms with Crippen LogP contribution in [0, 0.1) is 5.92 Å². The van der Waals surface area contributed by atoms with Gasteiger partial charge >= 0.3 is 0 Å². The van der Waals surface area contributed by atoms with Crippen LogP contribution in [0.15, 0.2) is 0 Å². The highest BCUT2D eigenvalue weighted by molar-refractivity contribution is 5.77. The molecule has 0 spiro atoms. The van der Waals surface area contributed by atoms with E-state index >= 15 is 0 Å². The number of carbonyl (C=O) groups excluding carboxylic acids is 1. The molecule has 1 fully saturated rings. The molecule has 2 unspecified atom stereocenters. The zero-order valence-electron chi connectivity index (χ0n) is 9.95. The number of hydrogen-bond donors (Lipinski definition) is 1. The molecule has 0 aromatic rings. The number of methoxy groups -OCH3 is 1. The lowest BCUT2D eigenvalue weighted by Crippen LogP contribution is -2.50. The van der Waals surface area contributed by atoms with Crippen LogP contribution >= 0.6 is 0 Å². The van der Waals surface area contributed by atoms with Gasteiger partial charge in [0.25, 0.3) is 0 Å². The fraction of sp³-hybridized carbons (Fsp3) is 0.909. The summed E-state index contributed by atoms with van der Waals surface area (Å²) in [7, 11) is 1.56. The molecule has 88 valence electrons. The Balaban J connectivity index is 2.39. The smallest absolute Gasteiger partial charge is 0.248 e. The van der Waals surface area contributed by atoms with Crippen LogP contribution < -0.4 is 5.32 Å². The predicted octanol–water partition coefficient (Wildman–Crippen LogP) is 0.479. The Morgan fingerprint density at radius 2 is 2.33 bits per heavy atom. The van der Waals surface area contributed by atoms with Gasteiger partial charge < -0.3 is 15.0 Å². The van der Waals surface area contributed by atoms with Crippen molar-refractivity contribution in [2.45, 2.75) is 26.3 Å². The van der Waals surface area contributed by atoms with E-state index in [0.29, 0.717) is 12.0 Å². The number of likely N-dealkylation sites (tertiary alicyclic amines) is 1. The maximum atomic E-state index is 11.6. The van der Waals surface area contributed by atoms with Crippen LogP contribution in [0.3, 0.4) is 0 Å². The highest BCUT2D eigenvalue weighted by atomic mass is 16.5. The van der Waals surface area contributed by atoms with E-state index in [1.807, 2.05) is 4.90 Å². The number of amides is 1. The molecule has 0 bridgehead atoms. The monoisotopic (exact) mass is 214 g/mol. The van der Waals surface area contributed by atoms with Crippen molar-refractivity contribution in [1.29, 1.82) is 0 Å². The Kier molecular flexibility index (Phi) is 5.05. The van der Waals surface area contributed by atoms with Gasteiger partial charge in [0.1, 0.15) is 6.61 Å². The van der Waals surface area contributed by atoms with Gasteiger partial charge in [0.2, 0.25) is 5.91 Å². The van der Waals surface area contributed by atoms with E-state index in [2.05, 4.69) is 19.2 Å². The molecule has 1 N–H and O–H groups in total. The first-order valence-electron chi connectivity index (χ1n) is 5.69. The topological polar surface area (TPSA) is 41.6 Å². The lowest BCUT2D eigenvalue weighted by atomic mass is 9.94. The van der Waals surface area contributed by atoms with Crippen LogP contribution in [0.2, 0.25) is 0 Å². The van der Waals surface area contributed by atoms with Crippen molar-refractivity contribution in [3.8, 4) is 0 Å². The molecule has 1 amide bonds. The van der Waals surface area contributed by atoms with Gasteiger partial charge in [0.15, 0.2) is 0 Å². The van der Waals surface area contributed by atoms with Gasteiger partial charge in [-0.25, -0.2) is 0 Å². The summed E-state index contributed by atoms with van der Waals surface area (Å²) in [6.45, 7) is 7.22. The van der Waals surface area contributed by atoms with Crippen molar-refractivity contribution in [3.63, 3.8) is 0 Å². The molecule has 1 heterocycles. The van der Waals surface area contributed by atoms with E-state index < -0.39 is 0 Å². The van der Waals surface area contributed by atoms with Crippen molar-refractivity contribution < 1.29 is 9.53 Å². The fourth-order valence-corrected chi connectivity index (χ4v) is 2.15. The van der Waals surface area contributed by atoms with Gasteiger partial charge in [-0.05, 0) is 18.9 Å². The Morgan fingerprint density at radius 1 is 1.60 bits per heavy atom. The molecule has 4 nitrogen and oxygen atoms in total. The third-order valence-corrected chi connectivity index (χ3v) is 2.99. The lowest BCUT2D eigenvalue weighted by Gasteiger charge is -2.37. The van der Waals surface area contributed by atoms with E-state index in [0.717, 1.165) is 26.1 Å². The molecular weight excluding hydrogens is 192 g/mol. The molecule has 0 aromatic carbocycles. The van der Waals surface area contributed by atoms with Crippen LogP contribution in [0.4, 0.5) is 0 Å². The standard InChI is InChI=1S/C11H22N2O2/c1-4-12-10-5-6-13(7-9(10)2)11(14)8-15-3/h9-10,12H,4-8H2,1-3H3. The minimum atomic E-state index is 0.110. The summed E-state index contributed by atoms with van der Waals surface area (Å²) in [5, 5.41) is 3.46. The molecule has 2 atom stereocenters. The summed E-state index contributed by atoms with van der Waals surface area (Å²) in [5.41, 5.74) is 0. The Labute approximate surface area is 92.0 Å². The Bertz CT molecular complexity index is 209. The van der Waals surface area contributed by atoms with E-state index in [-0.39, 0.29) is 12.5 Å². The zero-order valence-corrected chi connectivity index (χ0v) is 9.95. The third-order valence-electron chi connectivity index (χ3n) is 2.99. The van der Waals surface area contributed by atoms with Gasteiger partial charge in [-0.1, -0.05) is 13.8 Å². The van der Waals surface area contributed by atoms with Crippen molar-refractivity contribution in [1.82, 2.24) is 10.2 Å². The van der Waals surface area contributed by atoms with Gasteiger partial charge in [0, 0.05) is 26.2 Å². The second-order valence-corrected chi connectivity index (χ2v) is 4.20. The van der Waals surface area contributed by atoms with Crippen LogP contribution in [0.5, 0.6) is 0 Å². The molecule has 0 saturated carbocycles.